The van der Waals surface area contributed by atoms with E-state index in [0.717, 1.165) is 28.2 Å². The molecule has 29 heavy (non-hydrogen) atoms. The standard InChI is InChI=1S/C22H19N5O2/c1-28-19-8-5-16(13-20(19)29-2)18-14-21-24-11-12-27(21)22(26-18)25-17-6-3-15(4-7-17)9-10-23/h3-8,11-14H,9H2,1-2H3,(H,25,26). The SMILES string of the molecule is COc1ccc(-c2cc3nccn3c(Nc3ccc(CC#N)cc3)n2)cc1OC. The third-order valence-corrected chi connectivity index (χ3v) is 4.56. The van der Waals surface area contributed by atoms with Crippen molar-refractivity contribution in [2.24, 2.45) is 0 Å². The monoisotopic (exact) mass is 385 g/mol. The molecule has 0 saturated carbocycles. The first kappa shape index (κ1) is 18.3. The Bertz CT molecular complexity index is 1190. The van der Waals surface area contributed by atoms with Crippen LogP contribution in [0.15, 0.2) is 60.9 Å². The van der Waals surface area contributed by atoms with Crippen LogP contribution in [0.1, 0.15) is 5.56 Å². The van der Waals surface area contributed by atoms with Gasteiger partial charge in [-0.15, -0.1) is 0 Å². The minimum Gasteiger partial charge on any atom is -0.493 e. The van der Waals surface area contributed by atoms with Gasteiger partial charge in [0.2, 0.25) is 5.95 Å². The first-order valence-electron chi connectivity index (χ1n) is 9.01. The van der Waals surface area contributed by atoms with E-state index < -0.39 is 0 Å². The number of nitrogens with one attached hydrogen (secondary N) is 1. The number of hydrogen-bond acceptors (Lipinski definition) is 6. The molecule has 2 heterocycles. The fourth-order valence-electron chi connectivity index (χ4n) is 3.08. The Morgan fingerprint density at radius 2 is 1.83 bits per heavy atom. The average Bonchev–Trinajstić information content (AvgIpc) is 3.24. The van der Waals surface area contributed by atoms with E-state index in [2.05, 4.69) is 16.4 Å². The molecule has 2 aromatic heterocycles. The van der Waals surface area contributed by atoms with Crippen molar-refractivity contribution in [1.82, 2.24) is 14.4 Å². The number of benzene rings is 2. The molecule has 2 aromatic carbocycles. The van der Waals surface area contributed by atoms with Crippen LogP contribution < -0.4 is 14.8 Å². The predicted octanol–water partition coefficient (Wildman–Crippen LogP) is 4.22. The van der Waals surface area contributed by atoms with Gasteiger partial charge in [-0.05, 0) is 35.9 Å². The Hall–Kier alpha value is -4.05. The van der Waals surface area contributed by atoms with Gasteiger partial charge in [0.15, 0.2) is 11.5 Å². The molecular formula is C22H19N5O2. The number of hydrogen-bond donors (Lipinski definition) is 1. The number of nitrogens with zero attached hydrogens (tertiary/aromatic N) is 4. The Kier molecular flexibility index (Phi) is 4.99. The molecule has 0 atom stereocenters. The lowest BCUT2D eigenvalue weighted by Crippen LogP contribution is -2.03. The molecule has 0 saturated heterocycles. The van der Waals surface area contributed by atoms with Crippen LogP contribution in [-0.4, -0.2) is 28.6 Å². The van der Waals surface area contributed by atoms with Crippen LogP contribution in [0.25, 0.3) is 16.9 Å². The summed E-state index contributed by atoms with van der Waals surface area (Å²) in [5.41, 5.74) is 4.26. The molecule has 0 spiro atoms. The van der Waals surface area contributed by atoms with Crippen molar-refractivity contribution in [3.63, 3.8) is 0 Å². The summed E-state index contributed by atoms with van der Waals surface area (Å²) in [6.07, 6.45) is 3.97. The zero-order valence-electron chi connectivity index (χ0n) is 16.1. The maximum atomic E-state index is 8.83. The van der Waals surface area contributed by atoms with Gasteiger partial charge in [-0.3, -0.25) is 4.40 Å². The summed E-state index contributed by atoms with van der Waals surface area (Å²) in [5, 5.41) is 12.2. The molecule has 0 amide bonds. The second-order valence-corrected chi connectivity index (χ2v) is 6.35. The normalized spacial score (nSPS) is 10.5. The summed E-state index contributed by atoms with van der Waals surface area (Å²) in [6, 6.07) is 17.5. The van der Waals surface area contributed by atoms with Crippen molar-refractivity contribution < 1.29 is 9.47 Å². The van der Waals surface area contributed by atoms with Crippen LogP contribution in [0.5, 0.6) is 11.5 Å². The average molecular weight is 385 g/mol. The topological polar surface area (TPSA) is 84.5 Å². The zero-order valence-corrected chi connectivity index (χ0v) is 16.1. The molecule has 7 nitrogen and oxygen atoms in total. The molecular weight excluding hydrogens is 366 g/mol. The second-order valence-electron chi connectivity index (χ2n) is 6.35. The third kappa shape index (κ3) is 3.69. The molecule has 4 aromatic rings. The molecule has 0 bridgehead atoms. The van der Waals surface area contributed by atoms with Crippen molar-refractivity contribution in [3.8, 4) is 28.8 Å². The fourth-order valence-corrected chi connectivity index (χ4v) is 3.08. The Labute approximate surface area is 168 Å². The van der Waals surface area contributed by atoms with E-state index in [1.54, 1.807) is 20.4 Å². The summed E-state index contributed by atoms with van der Waals surface area (Å²) in [6.45, 7) is 0. The first-order valence-corrected chi connectivity index (χ1v) is 9.01. The van der Waals surface area contributed by atoms with Gasteiger partial charge >= 0.3 is 0 Å². The van der Waals surface area contributed by atoms with E-state index in [0.29, 0.717) is 23.9 Å². The summed E-state index contributed by atoms with van der Waals surface area (Å²) in [7, 11) is 3.21. The maximum Gasteiger partial charge on any atom is 0.213 e. The minimum atomic E-state index is 0.388. The highest BCUT2D eigenvalue weighted by Gasteiger charge is 2.12. The molecule has 0 fully saturated rings. The predicted molar refractivity (Wildman–Crippen MR) is 111 cm³/mol. The van der Waals surface area contributed by atoms with Crippen LogP contribution in [0.3, 0.4) is 0 Å². The number of rotatable bonds is 6. The first-order chi connectivity index (χ1) is 14.2. The second kappa shape index (κ2) is 7.90. The Morgan fingerprint density at radius 1 is 1.03 bits per heavy atom. The van der Waals surface area contributed by atoms with Crippen molar-refractivity contribution in [3.05, 3.63) is 66.5 Å². The largest absolute Gasteiger partial charge is 0.493 e. The smallest absolute Gasteiger partial charge is 0.213 e. The van der Waals surface area contributed by atoms with Crippen molar-refractivity contribution >= 4 is 17.3 Å². The number of methoxy groups -OCH3 is 2. The van der Waals surface area contributed by atoms with Gasteiger partial charge in [-0.25, -0.2) is 9.97 Å². The highest BCUT2D eigenvalue weighted by molar-refractivity contribution is 5.70. The van der Waals surface area contributed by atoms with Gasteiger partial charge in [-0.1, -0.05) is 12.1 Å². The van der Waals surface area contributed by atoms with Crippen LogP contribution in [0.4, 0.5) is 11.6 Å². The van der Waals surface area contributed by atoms with E-state index in [1.165, 1.54) is 0 Å². The zero-order chi connectivity index (χ0) is 20.2. The quantitative estimate of drug-likeness (QED) is 0.535. The van der Waals surface area contributed by atoms with E-state index >= 15 is 0 Å². The molecule has 0 unspecified atom stereocenters. The Balaban J connectivity index is 1.73. The summed E-state index contributed by atoms with van der Waals surface area (Å²) < 4.78 is 12.6. The molecule has 1 N–H and O–H groups in total. The van der Waals surface area contributed by atoms with Crippen molar-refractivity contribution in [2.75, 3.05) is 19.5 Å². The molecule has 0 radical (unpaired) electrons. The van der Waals surface area contributed by atoms with Crippen molar-refractivity contribution in [2.45, 2.75) is 6.42 Å². The van der Waals surface area contributed by atoms with E-state index in [4.69, 9.17) is 19.7 Å². The van der Waals surface area contributed by atoms with Gasteiger partial charge < -0.3 is 14.8 Å². The van der Waals surface area contributed by atoms with Gasteiger partial charge in [0.1, 0.15) is 5.65 Å². The molecule has 0 aliphatic carbocycles. The molecule has 144 valence electrons. The van der Waals surface area contributed by atoms with Crippen LogP contribution >= 0.6 is 0 Å². The van der Waals surface area contributed by atoms with Gasteiger partial charge in [0.25, 0.3) is 0 Å². The van der Waals surface area contributed by atoms with Gasteiger partial charge in [-0.2, -0.15) is 5.26 Å². The molecule has 0 aliphatic rings. The number of ether oxygens (including phenoxy) is 2. The number of nitriles is 1. The van der Waals surface area contributed by atoms with Gasteiger partial charge in [0, 0.05) is 29.7 Å². The summed E-state index contributed by atoms with van der Waals surface area (Å²) in [5.74, 6) is 1.93. The van der Waals surface area contributed by atoms with Crippen LogP contribution in [0, 0.1) is 11.3 Å². The number of aromatic nitrogens is 3. The molecule has 4 rings (SSSR count). The van der Waals surface area contributed by atoms with E-state index in [9.17, 15) is 0 Å². The number of fused-ring (bicyclic) bond motifs is 1. The highest BCUT2D eigenvalue weighted by Crippen LogP contribution is 2.32. The van der Waals surface area contributed by atoms with E-state index in [1.807, 2.05) is 59.1 Å². The lowest BCUT2D eigenvalue weighted by molar-refractivity contribution is 0.355. The molecule has 7 heteroatoms. The maximum absolute atomic E-state index is 8.83. The number of imidazole rings is 1. The third-order valence-electron chi connectivity index (χ3n) is 4.56. The lowest BCUT2D eigenvalue weighted by Gasteiger charge is -2.12. The summed E-state index contributed by atoms with van der Waals surface area (Å²) >= 11 is 0. The number of anilines is 2. The highest BCUT2D eigenvalue weighted by atomic mass is 16.5. The summed E-state index contributed by atoms with van der Waals surface area (Å²) in [4.78, 5) is 9.20. The Morgan fingerprint density at radius 3 is 2.55 bits per heavy atom. The van der Waals surface area contributed by atoms with Crippen molar-refractivity contribution in [1.29, 1.82) is 5.26 Å². The van der Waals surface area contributed by atoms with Crippen LogP contribution in [0.2, 0.25) is 0 Å². The van der Waals surface area contributed by atoms with Crippen LogP contribution in [-0.2, 0) is 6.42 Å². The molecule has 0 aliphatic heterocycles. The minimum absolute atomic E-state index is 0.388. The lowest BCUT2D eigenvalue weighted by atomic mass is 10.1. The van der Waals surface area contributed by atoms with Gasteiger partial charge in [0.05, 0.1) is 32.4 Å². The fraction of sp³-hybridized carbons (Fsp3) is 0.136. The van der Waals surface area contributed by atoms with E-state index in [-0.39, 0.29) is 0 Å².